The first kappa shape index (κ1) is 32.7. The Balaban J connectivity index is 1.07. The number of nitrogens with zero attached hydrogens (tertiary/aromatic N) is 2. The quantitative estimate of drug-likeness (QED) is 0.295. The van der Waals surface area contributed by atoms with Crippen LogP contribution in [0.5, 0.6) is 0 Å². The van der Waals surface area contributed by atoms with E-state index in [1.807, 2.05) is 42.2 Å². The summed E-state index contributed by atoms with van der Waals surface area (Å²) in [5, 5.41) is 7.53. The van der Waals surface area contributed by atoms with Crippen molar-refractivity contribution in [2.45, 2.75) is 76.3 Å². The molecule has 1 saturated carbocycles. The monoisotopic (exact) mass is 644 g/mol. The van der Waals surface area contributed by atoms with E-state index in [1.54, 1.807) is 0 Å². The first-order valence-electron chi connectivity index (χ1n) is 17.1. The first-order chi connectivity index (χ1) is 22.4. The van der Waals surface area contributed by atoms with Crippen LogP contribution in [0.25, 0.3) is 10.1 Å². The summed E-state index contributed by atoms with van der Waals surface area (Å²) in [5.41, 5.74) is 1.33. The number of carbonyl (C=O) groups excluding carboxylic acids is 3. The molecule has 3 aromatic rings. The van der Waals surface area contributed by atoms with Gasteiger partial charge in [-0.25, -0.2) is 0 Å². The van der Waals surface area contributed by atoms with Crippen LogP contribution in [0.15, 0.2) is 54.6 Å². The molecule has 2 saturated heterocycles. The van der Waals surface area contributed by atoms with Crippen molar-refractivity contribution in [2.75, 3.05) is 45.9 Å². The molecule has 246 valence electrons. The van der Waals surface area contributed by atoms with E-state index in [0.29, 0.717) is 42.9 Å². The Morgan fingerprint density at radius 3 is 2.46 bits per heavy atom. The third-order valence-electron chi connectivity index (χ3n) is 10.1. The van der Waals surface area contributed by atoms with Crippen LogP contribution >= 0.6 is 11.3 Å². The first-order valence-corrected chi connectivity index (χ1v) is 17.9. The summed E-state index contributed by atoms with van der Waals surface area (Å²) >= 11 is 1.47. The summed E-state index contributed by atoms with van der Waals surface area (Å²) in [7, 11) is 0. The molecular weight excluding hydrogens is 596 g/mol. The zero-order valence-corrected chi connectivity index (χ0v) is 27.9. The predicted molar refractivity (Wildman–Crippen MR) is 183 cm³/mol. The van der Waals surface area contributed by atoms with Crippen LogP contribution in [0.2, 0.25) is 0 Å². The molecule has 8 nitrogen and oxygen atoms in total. The summed E-state index contributed by atoms with van der Waals surface area (Å²) in [4.78, 5) is 46.1. The highest BCUT2D eigenvalue weighted by molar-refractivity contribution is 7.20. The second-order valence-corrected chi connectivity index (χ2v) is 14.6. The van der Waals surface area contributed by atoms with Gasteiger partial charge in [-0.2, -0.15) is 0 Å². The van der Waals surface area contributed by atoms with E-state index >= 15 is 0 Å². The second kappa shape index (κ2) is 15.1. The number of benzene rings is 2. The molecule has 2 aliphatic heterocycles. The number of ether oxygens (including phenoxy) is 1. The van der Waals surface area contributed by atoms with Gasteiger partial charge in [0.15, 0.2) is 0 Å². The number of aryl methyl sites for hydroxylation is 1. The van der Waals surface area contributed by atoms with Crippen LogP contribution in [0.4, 0.5) is 0 Å². The van der Waals surface area contributed by atoms with Gasteiger partial charge >= 0.3 is 0 Å². The molecule has 2 N–H and O–H groups in total. The Kier molecular flexibility index (Phi) is 10.7. The summed E-state index contributed by atoms with van der Waals surface area (Å²) in [6.45, 7) is 8.20. The molecule has 3 aliphatic rings. The van der Waals surface area contributed by atoms with Gasteiger partial charge in [-0.15, -0.1) is 11.3 Å². The van der Waals surface area contributed by atoms with E-state index in [-0.39, 0.29) is 23.8 Å². The third-order valence-corrected chi connectivity index (χ3v) is 11.2. The van der Waals surface area contributed by atoms with Gasteiger partial charge in [0.2, 0.25) is 11.8 Å². The van der Waals surface area contributed by atoms with Gasteiger partial charge in [-0.1, -0.05) is 55.3 Å². The smallest absolute Gasteiger partial charge is 0.262 e. The van der Waals surface area contributed by atoms with Gasteiger partial charge in [-0.3, -0.25) is 19.3 Å². The third kappa shape index (κ3) is 8.17. The number of thiophene rings is 1. The molecule has 1 unspecified atom stereocenters. The van der Waals surface area contributed by atoms with Gasteiger partial charge in [0.05, 0.1) is 4.88 Å². The number of fused-ring (bicyclic) bond motifs is 1. The molecule has 0 spiro atoms. The molecule has 3 fully saturated rings. The molecule has 0 radical (unpaired) electrons. The summed E-state index contributed by atoms with van der Waals surface area (Å²) in [5.74, 6) is 0.523. The molecule has 6 rings (SSSR count). The Labute approximate surface area is 276 Å². The van der Waals surface area contributed by atoms with Gasteiger partial charge in [0.1, 0.15) is 5.54 Å². The highest BCUT2D eigenvalue weighted by Gasteiger charge is 2.43. The van der Waals surface area contributed by atoms with E-state index in [2.05, 4.69) is 39.8 Å². The van der Waals surface area contributed by atoms with E-state index in [9.17, 15) is 14.4 Å². The van der Waals surface area contributed by atoms with Crippen molar-refractivity contribution >= 4 is 39.1 Å². The predicted octanol–water partition coefficient (Wildman–Crippen LogP) is 5.33. The largest absolute Gasteiger partial charge is 0.381 e. The lowest BCUT2D eigenvalue weighted by Gasteiger charge is -2.37. The average molecular weight is 645 g/mol. The van der Waals surface area contributed by atoms with Crippen LogP contribution in [-0.4, -0.2) is 85.0 Å². The van der Waals surface area contributed by atoms with E-state index in [4.69, 9.17) is 4.74 Å². The number of amides is 3. The fraction of sp³-hybridized carbons (Fsp3) is 0.541. The standard InChI is InChI=1S/C37H48N4O4S/c1-27-9-10-30-25-33(46-32(30)23-27)35(43)39-37(15-5-6-16-37)36(44)38-31(24-28-7-3-2-4-8-28)11-12-34(42)41-19-17-40(18-20-41)26-29-13-21-45-22-14-29/h2-4,7-10,23,25,29,31H,5-6,11-22,24,26H2,1H3,(H,38,44)(H,39,43). The lowest BCUT2D eigenvalue weighted by Crippen LogP contribution is -2.59. The topological polar surface area (TPSA) is 91.0 Å². The van der Waals surface area contributed by atoms with E-state index in [1.165, 1.54) is 11.3 Å². The van der Waals surface area contributed by atoms with Gasteiger partial charge in [0, 0.05) is 63.1 Å². The molecule has 9 heteroatoms. The summed E-state index contributed by atoms with van der Waals surface area (Å²) < 4.78 is 6.58. The van der Waals surface area contributed by atoms with Crippen molar-refractivity contribution in [3.05, 3.63) is 70.6 Å². The normalized spacial score (nSPS) is 19.6. The Morgan fingerprint density at radius 2 is 1.72 bits per heavy atom. The van der Waals surface area contributed by atoms with Crippen molar-refractivity contribution in [2.24, 2.45) is 5.92 Å². The number of hydrogen-bond donors (Lipinski definition) is 2. The molecule has 3 heterocycles. The summed E-state index contributed by atoms with van der Waals surface area (Å²) in [6, 6.07) is 18.0. The fourth-order valence-electron chi connectivity index (χ4n) is 7.29. The van der Waals surface area contributed by atoms with E-state index < -0.39 is 5.54 Å². The lowest BCUT2D eigenvalue weighted by atomic mass is 9.93. The minimum atomic E-state index is -0.942. The van der Waals surface area contributed by atoms with Crippen molar-refractivity contribution in [1.82, 2.24) is 20.4 Å². The van der Waals surface area contributed by atoms with Crippen LogP contribution < -0.4 is 10.6 Å². The SMILES string of the molecule is Cc1ccc2cc(C(=O)NC3(C(=O)NC(CCC(=O)N4CCN(CC5CCOCC5)CC4)Cc4ccccc4)CCCC3)sc2c1. The molecule has 2 aromatic carbocycles. The van der Waals surface area contributed by atoms with E-state index in [0.717, 1.165) is 92.8 Å². The summed E-state index contributed by atoms with van der Waals surface area (Å²) in [6.07, 6.45) is 6.85. The van der Waals surface area contributed by atoms with Crippen molar-refractivity contribution in [3.63, 3.8) is 0 Å². The molecular formula is C37H48N4O4S. The second-order valence-electron chi connectivity index (χ2n) is 13.5. The van der Waals surface area contributed by atoms with Gasteiger partial charge < -0.3 is 20.3 Å². The highest BCUT2D eigenvalue weighted by Crippen LogP contribution is 2.33. The fourth-order valence-corrected chi connectivity index (χ4v) is 8.35. The van der Waals surface area contributed by atoms with Crippen LogP contribution in [0.1, 0.15) is 72.2 Å². The minimum Gasteiger partial charge on any atom is -0.381 e. The van der Waals surface area contributed by atoms with Crippen LogP contribution in [0, 0.1) is 12.8 Å². The molecule has 46 heavy (non-hydrogen) atoms. The molecule has 0 bridgehead atoms. The Bertz CT molecular complexity index is 1490. The maximum absolute atomic E-state index is 14.1. The molecule has 1 aromatic heterocycles. The van der Waals surface area contributed by atoms with Crippen molar-refractivity contribution in [1.29, 1.82) is 0 Å². The van der Waals surface area contributed by atoms with Crippen LogP contribution in [0.3, 0.4) is 0 Å². The minimum absolute atomic E-state index is 0.134. The molecule has 1 atom stereocenters. The van der Waals surface area contributed by atoms with Crippen molar-refractivity contribution < 1.29 is 19.1 Å². The van der Waals surface area contributed by atoms with Gasteiger partial charge in [0.25, 0.3) is 5.91 Å². The maximum Gasteiger partial charge on any atom is 0.262 e. The molecule has 1 aliphatic carbocycles. The number of carbonyl (C=O) groups is 3. The maximum atomic E-state index is 14.1. The molecule has 3 amide bonds. The highest BCUT2D eigenvalue weighted by atomic mass is 32.1. The number of nitrogens with one attached hydrogen (secondary N) is 2. The van der Waals surface area contributed by atoms with Gasteiger partial charge in [-0.05, 0) is 80.0 Å². The Morgan fingerprint density at radius 1 is 0.978 bits per heavy atom. The zero-order chi connectivity index (χ0) is 31.9. The number of hydrogen-bond acceptors (Lipinski definition) is 6. The Hall–Kier alpha value is -3.27. The average Bonchev–Trinajstić information content (AvgIpc) is 3.73. The number of piperazine rings is 1. The number of rotatable bonds is 11. The van der Waals surface area contributed by atoms with Crippen LogP contribution in [-0.2, 0) is 20.7 Å². The zero-order valence-electron chi connectivity index (χ0n) is 27.1. The lowest BCUT2D eigenvalue weighted by molar-refractivity contribution is -0.134. The van der Waals surface area contributed by atoms with Crippen molar-refractivity contribution in [3.8, 4) is 0 Å².